The third kappa shape index (κ3) is 6.44. The average molecular weight is 360 g/mol. The lowest BCUT2D eigenvalue weighted by Gasteiger charge is -2.13. The molecular weight excluding hydrogens is 334 g/mol. The second-order valence-corrected chi connectivity index (χ2v) is 6.34. The standard InChI is InChI=1S/C20H26F2N4/c1-4-23-20(25-13-17-11-18(21)8-9-19(17)22)24-12-15-6-5-7-16(10-15)14-26(2)3/h5-11H,4,12-14H2,1-3H3,(H2,23,24,25). The van der Waals surface area contributed by atoms with Gasteiger partial charge in [-0.1, -0.05) is 24.3 Å². The van der Waals surface area contributed by atoms with Crippen LogP contribution in [0.25, 0.3) is 0 Å². The van der Waals surface area contributed by atoms with Crippen molar-refractivity contribution in [3.05, 3.63) is 70.8 Å². The molecule has 0 aromatic heterocycles. The van der Waals surface area contributed by atoms with Crippen LogP contribution in [0.5, 0.6) is 0 Å². The summed E-state index contributed by atoms with van der Waals surface area (Å²) in [5.74, 6) is -0.330. The summed E-state index contributed by atoms with van der Waals surface area (Å²) in [5.41, 5.74) is 2.59. The van der Waals surface area contributed by atoms with Gasteiger partial charge in [0, 0.05) is 25.2 Å². The Morgan fingerprint density at radius 2 is 1.81 bits per heavy atom. The van der Waals surface area contributed by atoms with Gasteiger partial charge in [-0.25, -0.2) is 13.8 Å². The van der Waals surface area contributed by atoms with Gasteiger partial charge in [-0.3, -0.25) is 0 Å². The van der Waals surface area contributed by atoms with E-state index in [4.69, 9.17) is 0 Å². The Kier molecular flexibility index (Phi) is 7.53. The first-order valence-corrected chi connectivity index (χ1v) is 8.66. The van der Waals surface area contributed by atoms with E-state index in [0.717, 1.165) is 24.2 Å². The highest BCUT2D eigenvalue weighted by Crippen LogP contribution is 2.10. The zero-order valence-electron chi connectivity index (χ0n) is 15.5. The first-order chi connectivity index (χ1) is 12.5. The van der Waals surface area contributed by atoms with Gasteiger partial charge in [0.05, 0.1) is 6.54 Å². The van der Waals surface area contributed by atoms with Crippen molar-refractivity contribution in [2.75, 3.05) is 20.6 Å². The molecule has 0 aliphatic carbocycles. The lowest BCUT2D eigenvalue weighted by molar-refractivity contribution is 0.402. The molecule has 0 atom stereocenters. The summed E-state index contributed by atoms with van der Waals surface area (Å²) >= 11 is 0. The molecule has 140 valence electrons. The van der Waals surface area contributed by atoms with Crippen molar-refractivity contribution in [3.8, 4) is 0 Å². The second-order valence-electron chi connectivity index (χ2n) is 6.34. The summed E-state index contributed by atoms with van der Waals surface area (Å²) in [5, 5.41) is 6.16. The third-order valence-electron chi connectivity index (χ3n) is 3.71. The van der Waals surface area contributed by atoms with Gasteiger partial charge >= 0.3 is 0 Å². The van der Waals surface area contributed by atoms with Gasteiger partial charge < -0.3 is 15.5 Å². The fourth-order valence-electron chi connectivity index (χ4n) is 2.56. The molecule has 0 spiro atoms. The van der Waals surface area contributed by atoms with Crippen molar-refractivity contribution < 1.29 is 8.78 Å². The zero-order chi connectivity index (χ0) is 18.9. The van der Waals surface area contributed by atoms with E-state index in [2.05, 4.69) is 32.7 Å². The van der Waals surface area contributed by atoms with Gasteiger partial charge in [0.1, 0.15) is 11.6 Å². The zero-order valence-corrected chi connectivity index (χ0v) is 15.5. The second kappa shape index (κ2) is 9.87. The number of halogens is 2. The Balaban J connectivity index is 2.03. The van der Waals surface area contributed by atoms with E-state index >= 15 is 0 Å². The molecule has 0 unspecified atom stereocenters. The minimum absolute atomic E-state index is 0.163. The Morgan fingerprint density at radius 3 is 2.54 bits per heavy atom. The molecule has 0 saturated carbocycles. The SMILES string of the molecule is CCNC(=NCc1cccc(CN(C)C)c1)NCc1cc(F)ccc1F. The molecule has 26 heavy (non-hydrogen) atoms. The number of benzene rings is 2. The van der Waals surface area contributed by atoms with Crippen LogP contribution >= 0.6 is 0 Å². The topological polar surface area (TPSA) is 39.7 Å². The summed E-state index contributed by atoms with van der Waals surface area (Å²) in [7, 11) is 4.06. The van der Waals surface area contributed by atoms with Crippen molar-refractivity contribution in [1.82, 2.24) is 15.5 Å². The van der Waals surface area contributed by atoms with Crippen LogP contribution in [-0.4, -0.2) is 31.5 Å². The molecule has 2 N–H and O–H groups in total. The van der Waals surface area contributed by atoms with Crippen LogP contribution in [0.15, 0.2) is 47.5 Å². The van der Waals surface area contributed by atoms with E-state index in [0.29, 0.717) is 19.0 Å². The Hall–Kier alpha value is -2.47. The third-order valence-corrected chi connectivity index (χ3v) is 3.71. The van der Waals surface area contributed by atoms with Crippen LogP contribution in [0.1, 0.15) is 23.6 Å². The first kappa shape index (κ1) is 19.8. The minimum atomic E-state index is -0.456. The Morgan fingerprint density at radius 1 is 1.04 bits per heavy atom. The molecule has 0 radical (unpaired) electrons. The lowest BCUT2D eigenvalue weighted by atomic mass is 10.1. The molecule has 0 aliphatic rings. The van der Waals surface area contributed by atoms with E-state index < -0.39 is 11.6 Å². The van der Waals surface area contributed by atoms with E-state index in [1.807, 2.05) is 33.2 Å². The first-order valence-electron chi connectivity index (χ1n) is 8.66. The summed E-state index contributed by atoms with van der Waals surface area (Å²) < 4.78 is 27.0. The number of nitrogens with one attached hydrogen (secondary N) is 2. The molecule has 6 heteroatoms. The summed E-state index contributed by atoms with van der Waals surface area (Å²) in [4.78, 5) is 6.65. The van der Waals surface area contributed by atoms with Crippen LogP contribution in [0.4, 0.5) is 8.78 Å². The molecule has 2 aromatic carbocycles. The Labute approximate surface area is 153 Å². The van der Waals surface area contributed by atoms with E-state index in [9.17, 15) is 8.78 Å². The molecule has 0 saturated heterocycles. The maximum atomic E-state index is 13.7. The summed E-state index contributed by atoms with van der Waals surface area (Å²) in [6.45, 7) is 4.17. The highest BCUT2D eigenvalue weighted by Gasteiger charge is 2.05. The predicted molar refractivity (Wildman–Crippen MR) is 102 cm³/mol. The largest absolute Gasteiger partial charge is 0.357 e. The van der Waals surface area contributed by atoms with Gasteiger partial charge in [0.15, 0.2) is 5.96 Å². The number of aliphatic imine (C=N–C) groups is 1. The van der Waals surface area contributed by atoms with Gasteiger partial charge in [-0.05, 0) is 50.3 Å². The highest BCUT2D eigenvalue weighted by atomic mass is 19.1. The van der Waals surface area contributed by atoms with Gasteiger partial charge in [0.2, 0.25) is 0 Å². The van der Waals surface area contributed by atoms with E-state index in [-0.39, 0.29) is 12.1 Å². The summed E-state index contributed by atoms with van der Waals surface area (Å²) in [6.07, 6.45) is 0. The fraction of sp³-hybridized carbons (Fsp3) is 0.350. The van der Waals surface area contributed by atoms with Gasteiger partial charge in [-0.2, -0.15) is 0 Å². The molecule has 2 rings (SSSR count). The Bertz CT molecular complexity index is 744. The number of guanidine groups is 1. The molecule has 4 nitrogen and oxygen atoms in total. The molecule has 0 aliphatic heterocycles. The smallest absolute Gasteiger partial charge is 0.191 e. The lowest BCUT2D eigenvalue weighted by Crippen LogP contribution is -2.37. The van der Waals surface area contributed by atoms with E-state index in [1.165, 1.54) is 11.6 Å². The highest BCUT2D eigenvalue weighted by molar-refractivity contribution is 5.79. The number of rotatable bonds is 7. The normalized spacial score (nSPS) is 11.7. The van der Waals surface area contributed by atoms with Crippen molar-refractivity contribution >= 4 is 5.96 Å². The van der Waals surface area contributed by atoms with Crippen molar-refractivity contribution in [2.45, 2.75) is 26.6 Å². The molecule has 0 amide bonds. The number of hydrogen-bond acceptors (Lipinski definition) is 2. The van der Waals surface area contributed by atoms with E-state index in [1.54, 1.807) is 0 Å². The van der Waals surface area contributed by atoms with Crippen LogP contribution in [0, 0.1) is 11.6 Å². The molecule has 0 fully saturated rings. The molecule has 2 aromatic rings. The average Bonchev–Trinajstić information content (AvgIpc) is 2.60. The molecule has 0 bridgehead atoms. The quantitative estimate of drug-likeness (QED) is 0.588. The van der Waals surface area contributed by atoms with Crippen LogP contribution in [-0.2, 0) is 19.6 Å². The fourth-order valence-corrected chi connectivity index (χ4v) is 2.56. The van der Waals surface area contributed by atoms with Crippen molar-refractivity contribution in [3.63, 3.8) is 0 Å². The monoisotopic (exact) mass is 360 g/mol. The number of hydrogen-bond donors (Lipinski definition) is 2. The van der Waals surface area contributed by atoms with Gasteiger partial charge in [-0.15, -0.1) is 0 Å². The van der Waals surface area contributed by atoms with Crippen LogP contribution in [0.2, 0.25) is 0 Å². The van der Waals surface area contributed by atoms with Crippen molar-refractivity contribution in [2.24, 2.45) is 4.99 Å². The number of nitrogens with zero attached hydrogens (tertiary/aromatic N) is 2. The van der Waals surface area contributed by atoms with Crippen molar-refractivity contribution in [1.29, 1.82) is 0 Å². The molecule has 0 heterocycles. The molecular formula is C20H26F2N4. The minimum Gasteiger partial charge on any atom is -0.357 e. The van der Waals surface area contributed by atoms with Gasteiger partial charge in [0.25, 0.3) is 0 Å². The summed E-state index contributed by atoms with van der Waals surface area (Å²) in [6, 6.07) is 11.7. The maximum absolute atomic E-state index is 13.7. The van der Waals surface area contributed by atoms with Crippen LogP contribution < -0.4 is 10.6 Å². The maximum Gasteiger partial charge on any atom is 0.191 e. The predicted octanol–water partition coefficient (Wildman–Crippen LogP) is 3.28. The van der Waals surface area contributed by atoms with Crippen LogP contribution in [0.3, 0.4) is 0 Å².